The van der Waals surface area contributed by atoms with E-state index < -0.39 is 0 Å². The maximum absolute atomic E-state index is 5.69. The van der Waals surface area contributed by atoms with Gasteiger partial charge in [-0.3, -0.25) is 4.98 Å². The van der Waals surface area contributed by atoms with Crippen molar-refractivity contribution >= 4 is 11.3 Å². The molecule has 2 aromatic rings. The van der Waals surface area contributed by atoms with Crippen LogP contribution in [0, 0.1) is 0 Å². The molecule has 0 amide bonds. The molecule has 2 N–H and O–H groups in total. The lowest BCUT2D eigenvalue weighted by Crippen LogP contribution is -2.03. The molecule has 0 aromatic carbocycles. The van der Waals surface area contributed by atoms with Gasteiger partial charge >= 0.3 is 0 Å². The molecule has 0 aliphatic rings. The Labute approximate surface area is 85.8 Å². The smallest absolute Gasteiger partial charge is 0.166 e. The first-order valence-corrected chi connectivity index (χ1v) is 5.09. The fourth-order valence-electron chi connectivity index (χ4n) is 1.01. The summed E-state index contributed by atoms with van der Waals surface area (Å²) < 4.78 is 0. The van der Waals surface area contributed by atoms with Gasteiger partial charge in [0.05, 0.1) is 6.04 Å². The molecule has 0 aliphatic heterocycles. The first-order chi connectivity index (χ1) is 6.77. The number of pyridine rings is 1. The van der Waals surface area contributed by atoms with Gasteiger partial charge in [-0.1, -0.05) is 17.4 Å². The van der Waals surface area contributed by atoms with Crippen LogP contribution in [-0.4, -0.2) is 15.2 Å². The molecule has 4 nitrogen and oxygen atoms in total. The summed E-state index contributed by atoms with van der Waals surface area (Å²) in [4.78, 5) is 4.19. The summed E-state index contributed by atoms with van der Waals surface area (Å²) in [5.74, 6) is 0. The number of hydrogen-bond acceptors (Lipinski definition) is 5. The van der Waals surface area contributed by atoms with Crippen molar-refractivity contribution in [3.63, 3.8) is 0 Å². The predicted octanol–water partition coefficient (Wildman–Crippen LogP) is 1.62. The van der Waals surface area contributed by atoms with E-state index in [-0.39, 0.29) is 6.04 Å². The highest BCUT2D eigenvalue weighted by Crippen LogP contribution is 2.23. The van der Waals surface area contributed by atoms with E-state index in [1.165, 1.54) is 11.3 Å². The molecule has 0 bridgehead atoms. The maximum atomic E-state index is 5.69. The van der Waals surface area contributed by atoms with Gasteiger partial charge < -0.3 is 5.73 Å². The van der Waals surface area contributed by atoms with E-state index in [9.17, 15) is 0 Å². The van der Waals surface area contributed by atoms with Crippen LogP contribution in [0.1, 0.15) is 18.0 Å². The first kappa shape index (κ1) is 9.23. The highest BCUT2D eigenvalue weighted by molar-refractivity contribution is 7.14. The van der Waals surface area contributed by atoms with Gasteiger partial charge in [0.2, 0.25) is 0 Å². The minimum Gasteiger partial charge on any atom is -0.322 e. The molecule has 0 radical (unpaired) electrons. The van der Waals surface area contributed by atoms with Crippen molar-refractivity contribution in [3.8, 4) is 10.7 Å². The van der Waals surface area contributed by atoms with E-state index in [1.54, 1.807) is 6.20 Å². The molecule has 2 rings (SSSR count). The standard InChI is InChI=1S/C9H10N4S/c1-6(10)8-12-13-9(14-8)7-4-2-3-5-11-7/h2-6H,10H2,1H3. The summed E-state index contributed by atoms with van der Waals surface area (Å²) in [7, 11) is 0. The largest absolute Gasteiger partial charge is 0.322 e. The molecule has 0 spiro atoms. The molecule has 0 saturated carbocycles. The Morgan fingerprint density at radius 1 is 1.36 bits per heavy atom. The van der Waals surface area contributed by atoms with Crippen molar-refractivity contribution < 1.29 is 0 Å². The molecule has 2 heterocycles. The summed E-state index contributed by atoms with van der Waals surface area (Å²) in [6.07, 6.45) is 1.74. The van der Waals surface area contributed by atoms with E-state index in [1.807, 2.05) is 25.1 Å². The normalized spacial score (nSPS) is 12.7. The minimum atomic E-state index is -0.0648. The zero-order chi connectivity index (χ0) is 9.97. The van der Waals surface area contributed by atoms with E-state index in [2.05, 4.69) is 15.2 Å². The molecular formula is C9H10N4S. The SMILES string of the molecule is CC(N)c1nnc(-c2ccccn2)s1. The first-order valence-electron chi connectivity index (χ1n) is 4.28. The topological polar surface area (TPSA) is 64.7 Å². The molecule has 0 saturated heterocycles. The molecule has 0 aliphatic carbocycles. The van der Waals surface area contributed by atoms with Gasteiger partial charge in [-0.2, -0.15) is 0 Å². The lowest BCUT2D eigenvalue weighted by Gasteiger charge is -1.94. The molecule has 14 heavy (non-hydrogen) atoms. The molecule has 0 fully saturated rings. The van der Waals surface area contributed by atoms with Crippen molar-refractivity contribution in [1.29, 1.82) is 0 Å². The van der Waals surface area contributed by atoms with E-state index >= 15 is 0 Å². The summed E-state index contributed by atoms with van der Waals surface area (Å²) >= 11 is 1.48. The summed E-state index contributed by atoms with van der Waals surface area (Å²) in [5.41, 5.74) is 6.54. The molecule has 2 aromatic heterocycles. The number of hydrogen-bond donors (Lipinski definition) is 1. The quantitative estimate of drug-likeness (QED) is 0.811. The van der Waals surface area contributed by atoms with Crippen LogP contribution < -0.4 is 5.73 Å². The van der Waals surface area contributed by atoms with Crippen LogP contribution in [0.15, 0.2) is 24.4 Å². The van der Waals surface area contributed by atoms with Gasteiger partial charge in [-0.05, 0) is 19.1 Å². The van der Waals surface area contributed by atoms with Crippen LogP contribution in [0.5, 0.6) is 0 Å². The van der Waals surface area contributed by atoms with Crippen molar-refractivity contribution in [2.45, 2.75) is 13.0 Å². The Bertz CT molecular complexity index is 410. The van der Waals surface area contributed by atoms with Crippen LogP contribution in [0.25, 0.3) is 10.7 Å². The third-order valence-corrected chi connectivity index (χ3v) is 2.86. The Hall–Kier alpha value is -1.33. The third kappa shape index (κ3) is 1.78. The highest BCUT2D eigenvalue weighted by Gasteiger charge is 2.09. The highest BCUT2D eigenvalue weighted by atomic mass is 32.1. The van der Waals surface area contributed by atoms with Gasteiger partial charge in [0, 0.05) is 6.20 Å². The van der Waals surface area contributed by atoms with Gasteiger partial charge in [0.25, 0.3) is 0 Å². The van der Waals surface area contributed by atoms with Gasteiger partial charge in [0.1, 0.15) is 10.7 Å². The predicted molar refractivity (Wildman–Crippen MR) is 55.7 cm³/mol. The van der Waals surface area contributed by atoms with Crippen molar-refractivity contribution in [2.24, 2.45) is 5.73 Å². The monoisotopic (exact) mass is 206 g/mol. The fraction of sp³-hybridized carbons (Fsp3) is 0.222. The maximum Gasteiger partial charge on any atom is 0.166 e. The van der Waals surface area contributed by atoms with Crippen molar-refractivity contribution in [3.05, 3.63) is 29.4 Å². The second-order valence-electron chi connectivity index (χ2n) is 2.95. The Balaban J connectivity index is 2.34. The number of aromatic nitrogens is 3. The molecule has 5 heteroatoms. The summed E-state index contributed by atoms with van der Waals surface area (Å²) in [5, 5.41) is 9.69. The average Bonchev–Trinajstić information content (AvgIpc) is 2.68. The van der Waals surface area contributed by atoms with Crippen LogP contribution in [-0.2, 0) is 0 Å². The average molecular weight is 206 g/mol. The van der Waals surface area contributed by atoms with Gasteiger partial charge in [-0.15, -0.1) is 10.2 Å². The van der Waals surface area contributed by atoms with Crippen LogP contribution in [0.3, 0.4) is 0 Å². The van der Waals surface area contributed by atoms with Crippen LogP contribution in [0.4, 0.5) is 0 Å². The van der Waals surface area contributed by atoms with Gasteiger partial charge in [0.15, 0.2) is 5.01 Å². The summed E-state index contributed by atoms with van der Waals surface area (Å²) in [6, 6.07) is 5.64. The zero-order valence-corrected chi connectivity index (χ0v) is 8.53. The number of nitrogens with zero attached hydrogens (tertiary/aromatic N) is 3. The lowest BCUT2D eigenvalue weighted by atomic mass is 10.4. The zero-order valence-electron chi connectivity index (χ0n) is 7.71. The number of rotatable bonds is 2. The Morgan fingerprint density at radius 3 is 2.79 bits per heavy atom. The van der Waals surface area contributed by atoms with Crippen molar-refractivity contribution in [2.75, 3.05) is 0 Å². The van der Waals surface area contributed by atoms with Crippen molar-refractivity contribution in [1.82, 2.24) is 15.2 Å². The fourth-order valence-corrected chi connectivity index (χ4v) is 1.78. The van der Waals surface area contributed by atoms with E-state index in [0.717, 1.165) is 15.7 Å². The second kappa shape index (κ2) is 3.81. The van der Waals surface area contributed by atoms with E-state index in [4.69, 9.17) is 5.73 Å². The Kier molecular flexibility index (Phi) is 2.51. The Morgan fingerprint density at radius 2 is 2.21 bits per heavy atom. The number of nitrogens with two attached hydrogens (primary N) is 1. The third-order valence-electron chi connectivity index (χ3n) is 1.71. The second-order valence-corrected chi connectivity index (χ2v) is 3.96. The van der Waals surface area contributed by atoms with Gasteiger partial charge in [-0.25, -0.2) is 0 Å². The lowest BCUT2D eigenvalue weighted by molar-refractivity contribution is 0.786. The van der Waals surface area contributed by atoms with E-state index in [0.29, 0.717) is 0 Å². The molecule has 1 unspecified atom stereocenters. The van der Waals surface area contributed by atoms with Crippen LogP contribution >= 0.6 is 11.3 Å². The van der Waals surface area contributed by atoms with Crippen LogP contribution in [0.2, 0.25) is 0 Å². The summed E-state index contributed by atoms with van der Waals surface area (Å²) in [6.45, 7) is 1.89. The molecular weight excluding hydrogens is 196 g/mol. The minimum absolute atomic E-state index is 0.0648. The molecule has 1 atom stereocenters. The molecule has 72 valence electrons.